The first-order valence-corrected chi connectivity index (χ1v) is 4.02. The van der Waals surface area contributed by atoms with Crippen molar-refractivity contribution < 1.29 is 9.90 Å². The maximum absolute atomic E-state index is 10.7. The van der Waals surface area contributed by atoms with Gasteiger partial charge in [-0.1, -0.05) is 18.0 Å². The number of carbonyl (C=O) groups is 1. The van der Waals surface area contributed by atoms with Crippen molar-refractivity contribution in [1.82, 2.24) is 0 Å². The van der Waals surface area contributed by atoms with Crippen molar-refractivity contribution in [2.75, 3.05) is 0 Å². The number of azide groups is 1. The molecule has 1 aliphatic carbocycles. The first kappa shape index (κ1) is 8.87. The monoisotopic (exact) mass is 169 g/mol. The normalized spacial score (nSPS) is 29.0. The van der Waals surface area contributed by atoms with Gasteiger partial charge in [0.15, 0.2) is 0 Å². The zero-order valence-corrected chi connectivity index (χ0v) is 6.68. The Hall–Kier alpha value is -1.22. The molecule has 1 rings (SSSR count). The van der Waals surface area contributed by atoms with E-state index in [1.807, 2.05) is 0 Å². The fraction of sp³-hybridized carbons (Fsp3) is 0.857. The summed E-state index contributed by atoms with van der Waals surface area (Å²) in [6.45, 7) is 0. The van der Waals surface area contributed by atoms with Crippen LogP contribution in [0.4, 0.5) is 0 Å². The van der Waals surface area contributed by atoms with Crippen LogP contribution in [-0.4, -0.2) is 17.1 Å². The van der Waals surface area contributed by atoms with Gasteiger partial charge in [0, 0.05) is 4.91 Å². The highest BCUT2D eigenvalue weighted by molar-refractivity contribution is 5.71. The zero-order chi connectivity index (χ0) is 8.97. The van der Waals surface area contributed by atoms with Crippen molar-refractivity contribution in [3.63, 3.8) is 0 Å². The fourth-order valence-corrected chi connectivity index (χ4v) is 1.60. The van der Waals surface area contributed by atoms with Crippen molar-refractivity contribution in [2.24, 2.45) is 11.0 Å². The number of carboxylic acid groups (broad SMARTS) is 1. The second-order valence-corrected chi connectivity index (χ2v) is 3.00. The Bertz CT molecular complexity index is 213. The molecule has 0 bridgehead atoms. The summed E-state index contributed by atoms with van der Waals surface area (Å²) in [5.74, 6) is -1.30. The fourth-order valence-electron chi connectivity index (χ4n) is 1.60. The van der Waals surface area contributed by atoms with Gasteiger partial charge in [-0.05, 0) is 18.4 Å². The van der Waals surface area contributed by atoms with Gasteiger partial charge in [-0.15, -0.1) is 0 Å². The summed E-state index contributed by atoms with van der Waals surface area (Å²) in [5, 5.41) is 12.2. The van der Waals surface area contributed by atoms with Crippen LogP contribution in [0, 0.1) is 5.92 Å². The minimum atomic E-state index is -0.841. The molecule has 2 atom stereocenters. The molecule has 0 heterocycles. The summed E-state index contributed by atoms with van der Waals surface area (Å²) in [4.78, 5) is 13.3. The Morgan fingerprint density at radius 1 is 1.50 bits per heavy atom. The van der Waals surface area contributed by atoms with Gasteiger partial charge < -0.3 is 5.11 Å². The molecule has 66 valence electrons. The second kappa shape index (κ2) is 3.97. The van der Waals surface area contributed by atoms with Crippen molar-refractivity contribution in [2.45, 2.75) is 31.7 Å². The average Bonchev–Trinajstić information content (AvgIpc) is 2.05. The molecule has 5 nitrogen and oxygen atoms in total. The molecular formula is C7H11N3O2. The Morgan fingerprint density at radius 2 is 2.17 bits per heavy atom. The van der Waals surface area contributed by atoms with Crippen LogP contribution in [0.5, 0.6) is 0 Å². The molecule has 1 saturated carbocycles. The lowest BCUT2D eigenvalue weighted by molar-refractivity contribution is -0.143. The van der Waals surface area contributed by atoms with Crippen molar-refractivity contribution >= 4 is 5.97 Å². The highest BCUT2D eigenvalue weighted by atomic mass is 16.4. The summed E-state index contributed by atoms with van der Waals surface area (Å²) < 4.78 is 0. The number of hydrogen-bond donors (Lipinski definition) is 1. The minimum absolute atomic E-state index is 0.332. The van der Waals surface area contributed by atoms with Gasteiger partial charge in [0.2, 0.25) is 0 Å². The van der Waals surface area contributed by atoms with Crippen LogP contribution in [0.15, 0.2) is 5.11 Å². The standard InChI is InChI=1S/C7H11N3O2/c8-10-9-6-4-2-1-3-5(6)7(11)12/h5-6H,1-4H2,(H,11,12)/t5-,6-/m1/s1. The molecule has 1 aliphatic rings. The molecule has 0 radical (unpaired) electrons. The molecule has 5 heteroatoms. The number of nitrogens with zero attached hydrogens (tertiary/aromatic N) is 3. The molecule has 0 spiro atoms. The van der Waals surface area contributed by atoms with Crippen LogP contribution in [-0.2, 0) is 4.79 Å². The van der Waals surface area contributed by atoms with E-state index in [1.165, 1.54) is 0 Å². The van der Waals surface area contributed by atoms with E-state index in [4.69, 9.17) is 10.6 Å². The van der Waals surface area contributed by atoms with Crippen LogP contribution < -0.4 is 0 Å². The first-order chi connectivity index (χ1) is 5.75. The molecule has 1 N–H and O–H groups in total. The van der Waals surface area contributed by atoms with E-state index in [9.17, 15) is 4.79 Å². The minimum Gasteiger partial charge on any atom is -0.481 e. The van der Waals surface area contributed by atoms with Gasteiger partial charge in [-0.25, -0.2) is 0 Å². The average molecular weight is 169 g/mol. The highest BCUT2D eigenvalue weighted by Gasteiger charge is 2.29. The predicted octanol–water partition coefficient (Wildman–Crippen LogP) is 1.94. The van der Waals surface area contributed by atoms with Crippen molar-refractivity contribution in [3.05, 3.63) is 10.4 Å². The quantitative estimate of drug-likeness (QED) is 0.389. The van der Waals surface area contributed by atoms with Crippen LogP contribution >= 0.6 is 0 Å². The predicted molar refractivity (Wildman–Crippen MR) is 42.5 cm³/mol. The third kappa shape index (κ3) is 1.89. The molecule has 1 fully saturated rings. The molecular weight excluding hydrogens is 158 g/mol. The second-order valence-electron chi connectivity index (χ2n) is 3.00. The smallest absolute Gasteiger partial charge is 0.306 e. The van der Waals surface area contributed by atoms with Gasteiger partial charge >= 0.3 is 5.97 Å². The van der Waals surface area contributed by atoms with Gasteiger partial charge in [0.25, 0.3) is 0 Å². The van der Waals surface area contributed by atoms with Crippen LogP contribution in [0.1, 0.15) is 25.7 Å². The number of carboxylic acids is 1. The lowest BCUT2D eigenvalue weighted by atomic mass is 9.85. The Balaban J connectivity index is 2.66. The Kier molecular flexibility index (Phi) is 2.94. The summed E-state index contributed by atoms with van der Waals surface area (Å²) in [6, 6.07) is -0.332. The molecule has 0 aromatic heterocycles. The van der Waals surface area contributed by atoms with Crippen molar-refractivity contribution in [1.29, 1.82) is 0 Å². The van der Waals surface area contributed by atoms with Gasteiger partial charge in [0.1, 0.15) is 0 Å². The van der Waals surface area contributed by atoms with Crippen molar-refractivity contribution in [3.8, 4) is 0 Å². The maximum atomic E-state index is 10.7. The van der Waals surface area contributed by atoms with E-state index in [0.717, 1.165) is 12.8 Å². The third-order valence-corrected chi connectivity index (χ3v) is 2.25. The molecule has 0 aromatic carbocycles. The van der Waals surface area contributed by atoms with E-state index in [2.05, 4.69) is 10.0 Å². The molecule has 0 unspecified atom stereocenters. The Labute approximate surface area is 70.0 Å². The van der Waals surface area contributed by atoms with Gasteiger partial charge in [-0.3, -0.25) is 4.79 Å². The third-order valence-electron chi connectivity index (χ3n) is 2.25. The molecule has 12 heavy (non-hydrogen) atoms. The van der Waals surface area contributed by atoms with E-state index in [0.29, 0.717) is 12.8 Å². The van der Waals surface area contributed by atoms with Gasteiger partial charge in [0.05, 0.1) is 12.0 Å². The molecule has 0 aromatic rings. The number of hydrogen-bond acceptors (Lipinski definition) is 2. The molecule has 0 aliphatic heterocycles. The molecule has 0 amide bonds. The SMILES string of the molecule is [N-]=[N+]=N[C@@H]1CCCC[C@H]1C(=O)O. The first-order valence-electron chi connectivity index (χ1n) is 4.02. The van der Waals surface area contributed by atoms with E-state index >= 15 is 0 Å². The van der Waals surface area contributed by atoms with Crippen LogP contribution in [0.25, 0.3) is 10.4 Å². The summed E-state index contributed by atoms with van der Waals surface area (Å²) in [7, 11) is 0. The Morgan fingerprint density at radius 3 is 2.75 bits per heavy atom. The lowest BCUT2D eigenvalue weighted by Gasteiger charge is -2.24. The van der Waals surface area contributed by atoms with Crippen LogP contribution in [0.2, 0.25) is 0 Å². The largest absolute Gasteiger partial charge is 0.481 e. The van der Waals surface area contributed by atoms with E-state index in [1.54, 1.807) is 0 Å². The summed E-state index contributed by atoms with van der Waals surface area (Å²) >= 11 is 0. The van der Waals surface area contributed by atoms with Crippen LogP contribution in [0.3, 0.4) is 0 Å². The van der Waals surface area contributed by atoms with E-state index in [-0.39, 0.29) is 6.04 Å². The molecule has 0 saturated heterocycles. The topological polar surface area (TPSA) is 86.1 Å². The highest BCUT2D eigenvalue weighted by Crippen LogP contribution is 2.27. The lowest BCUT2D eigenvalue weighted by Crippen LogP contribution is -2.29. The number of rotatable bonds is 2. The maximum Gasteiger partial charge on any atom is 0.306 e. The zero-order valence-electron chi connectivity index (χ0n) is 6.68. The number of aliphatic carboxylic acids is 1. The summed E-state index contributed by atoms with van der Waals surface area (Å²) in [5.41, 5.74) is 8.18. The van der Waals surface area contributed by atoms with E-state index < -0.39 is 11.9 Å². The summed E-state index contributed by atoms with van der Waals surface area (Å²) in [6.07, 6.45) is 3.24. The van der Waals surface area contributed by atoms with Gasteiger partial charge in [-0.2, -0.15) is 0 Å².